The number of rotatable bonds is 5. The second-order valence-electron chi connectivity index (χ2n) is 4.52. The lowest BCUT2D eigenvalue weighted by molar-refractivity contribution is 0.267. The molecule has 0 atom stereocenters. The van der Waals surface area contributed by atoms with Gasteiger partial charge in [0.25, 0.3) is 0 Å². The standard InChI is InChI=1S/C16H17BrFN/c1-2-19(11-13-6-4-3-5-7-13)12-14-8-9-15(17)10-16(14)18/h3-10H,2,11-12H2,1H3. The van der Waals surface area contributed by atoms with Gasteiger partial charge >= 0.3 is 0 Å². The van der Waals surface area contributed by atoms with Crippen LogP contribution in [0.3, 0.4) is 0 Å². The van der Waals surface area contributed by atoms with Crippen molar-refractivity contribution in [2.45, 2.75) is 20.0 Å². The molecular weight excluding hydrogens is 305 g/mol. The molecule has 3 heteroatoms. The molecule has 19 heavy (non-hydrogen) atoms. The lowest BCUT2D eigenvalue weighted by atomic mass is 10.1. The monoisotopic (exact) mass is 321 g/mol. The highest BCUT2D eigenvalue weighted by atomic mass is 79.9. The van der Waals surface area contributed by atoms with Gasteiger partial charge in [-0.25, -0.2) is 4.39 Å². The van der Waals surface area contributed by atoms with Crippen LogP contribution in [0.2, 0.25) is 0 Å². The van der Waals surface area contributed by atoms with Gasteiger partial charge in [-0.3, -0.25) is 4.90 Å². The Labute approximate surface area is 122 Å². The van der Waals surface area contributed by atoms with Crippen molar-refractivity contribution < 1.29 is 4.39 Å². The zero-order valence-corrected chi connectivity index (χ0v) is 12.5. The van der Waals surface area contributed by atoms with Crippen molar-refractivity contribution in [1.29, 1.82) is 0 Å². The zero-order valence-electron chi connectivity index (χ0n) is 10.9. The first-order chi connectivity index (χ1) is 9.19. The fourth-order valence-electron chi connectivity index (χ4n) is 2.01. The van der Waals surface area contributed by atoms with Crippen LogP contribution in [0.5, 0.6) is 0 Å². The molecule has 0 heterocycles. The van der Waals surface area contributed by atoms with Crippen LogP contribution in [0.15, 0.2) is 53.0 Å². The summed E-state index contributed by atoms with van der Waals surface area (Å²) in [7, 11) is 0. The third kappa shape index (κ3) is 4.15. The van der Waals surface area contributed by atoms with Crippen molar-refractivity contribution in [3.05, 3.63) is 69.9 Å². The minimum Gasteiger partial charge on any atom is -0.295 e. The molecule has 1 nitrogen and oxygen atoms in total. The van der Waals surface area contributed by atoms with Crippen LogP contribution in [-0.2, 0) is 13.1 Å². The van der Waals surface area contributed by atoms with Gasteiger partial charge in [0.2, 0.25) is 0 Å². The maximum atomic E-state index is 13.8. The van der Waals surface area contributed by atoms with Gasteiger partial charge in [-0.1, -0.05) is 59.3 Å². The molecule has 100 valence electrons. The summed E-state index contributed by atoms with van der Waals surface area (Å²) < 4.78 is 14.6. The number of halogens is 2. The van der Waals surface area contributed by atoms with Crippen molar-refractivity contribution in [3.63, 3.8) is 0 Å². The maximum Gasteiger partial charge on any atom is 0.128 e. The quantitative estimate of drug-likeness (QED) is 0.777. The SMILES string of the molecule is CCN(Cc1ccccc1)Cc1ccc(Br)cc1F. The first kappa shape index (κ1) is 14.2. The van der Waals surface area contributed by atoms with E-state index in [1.165, 1.54) is 11.6 Å². The molecule has 0 bridgehead atoms. The van der Waals surface area contributed by atoms with Crippen LogP contribution in [0.25, 0.3) is 0 Å². The maximum absolute atomic E-state index is 13.8. The summed E-state index contributed by atoms with van der Waals surface area (Å²) in [5, 5.41) is 0. The number of hydrogen-bond acceptors (Lipinski definition) is 1. The highest BCUT2D eigenvalue weighted by molar-refractivity contribution is 9.10. The molecule has 0 spiro atoms. The summed E-state index contributed by atoms with van der Waals surface area (Å²) in [6.45, 7) is 4.46. The summed E-state index contributed by atoms with van der Waals surface area (Å²) in [5.41, 5.74) is 1.99. The molecule has 2 rings (SSSR count). The van der Waals surface area contributed by atoms with Crippen LogP contribution in [-0.4, -0.2) is 11.4 Å². The van der Waals surface area contributed by atoms with Crippen molar-refractivity contribution in [3.8, 4) is 0 Å². The number of benzene rings is 2. The van der Waals surface area contributed by atoms with Gasteiger partial charge in [-0.15, -0.1) is 0 Å². The van der Waals surface area contributed by atoms with E-state index in [9.17, 15) is 4.39 Å². The van der Waals surface area contributed by atoms with Crippen LogP contribution >= 0.6 is 15.9 Å². The number of hydrogen-bond donors (Lipinski definition) is 0. The largest absolute Gasteiger partial charge is 0.295 e. The minimum absolute atomic E-state index is 0.152. The Kier molecular flexibility index (Phi) is 5.11. The third-order valence-electron chi connectivity index (χ3n) is 3.11. The van der Waals surface area contributed by atoms with E-state index >= 15 is 0 Å². The summed E-state index contributed by atoms with van der Waals surface area (Å²) in [4.78, 5) is 2.22. The van der Waals surface area contributed by atoms with Crippen LogP contribution in [0.4, 0.5) is 4.39 Å². The van der Waals surface area contributed by atoms with Crippen molar-refractivity contribution in [2.75, 3.05) is 6.54 Å². The van der Waals surface area contributed by atoms with Gasteiger partial charge in [-0.2, -0.15) is 0 Å². The fraction of sp³-hybridized carbons (Fsp3) is 0.250. The normalized spacial score (nSPS) is 10.9. The summed E-state index contributed by atoms with van der Waals surface area (Å²) in [6, 6.07) is 15.5. The molecule has 0 aromatic heterocycles. The molecular formula is C16H17BrFN. The Bertz CT molecular complexity index is 528. The van der Waals surface area contributed by atoms with E-state index in [1.807, 2.05) is 30.3 Å². The van der Waals surface area contributed by atoms with E-state index in [4.69, 9.17) is 0 Å². The lowest BCUT2D eigenvalue weighted by Gasteiger charge is -2.21. The van der Waals surface area contributed by atoms with Gasteiger partial charge in [-0.05, 0) is 24.2 Å². The molecule has 0 saturated heterocycles. The van der Waals surface area contributed by atoms with E-state index in [0.717, 1.165) is 23.1 Å². The predicted molar refractivity (Wildman–Crippen MR) is 80.3 cm³/mol. The van der Waals surface area contributed by atoms with Crippen LogP contribution in [0, 0.1) is 5.82 Å². The second-order valence-corrected chi connectivity index (χ2v) is 5.44. The van der Waals surface area contributed by atoms with Crippen LogP contribution < -0.4 is 0 Å². The smallest absolute Gasteiger partial charge is 0.128 e. The molecule has 0 aliphatic rings. The average Bonchev–Trinajstić information content (AvgIpc) is 2.42. The number of nitrogens with zero attached hydrogens (tertiary/aromatic N) is 1. The third-order valence-corrected chi connectivity index (χ3v) is 3.60. The van der Waals surface area contributed by atoms with E-state index in [1.54, 1.807) is 0 Å². The van der Waals surface area contributed by atoms with Gasteiger partial charge in [0.15, 0.2) is 0 Å². The highest BCUT2D eigenvalue weighted by Crippen LogP contribution is 2.17. The average molecular weight is 322 g/mol. The predicted octanol–water partition coefficient (Wildman–Crippen LogP) is 4.61. The summed E-state index contributed by atoms with van der Waals surface area (Å²) >= 11 is 3.28. The Balaban J connectivity index is 2.06. The van der Waals surface area contributed by atoms with Crippen molar-refractivity contribution in [2.24, 2.45) is 0 Å². The topological polar surface area (TPSA) is 3.24 Å². The van der Waals surface area contributed by atoms with Gasteiger partial charge < -0.3 is 0 Å². The molecule has 0 amide bonds. The zero-order chi connectivity index (χ0) is 13.7. The highest BCUT2D eigenvalue weighted by Gasteiger charge is 2.08. The molecule has 0 aliphatic heterocycles. The molecule has 0 unspecified atom stereocenters. The van der Waals surface area contributed by atoms with Crippen molar-refractivity contribution >= 4 is 15.9 Å². The molecule has 0 N–H and O–H groups in total. The molecule has 0 saturated carbocycles. The first-order valence-corrected chi connectivity index (χ1v) is 7.18. The van der Waals surface area contributed by atoms with E-state index in [2.05, 4.69) is 39.9 Å². The Morgan fingerprint density at radius 3 is 2.42 bits per heavy atom. The second kappa shape index (κ2) is 6.83. The van der Waals surface area contributed by atoms with Gasteiger partial charge in [0.05, 0.1) is 0 Å². The van der Waals surface area contributed by atoms with Crippen LogP contribution in [0.1, 0.15) is 18.1 Å². The fourth-order valence-corrected chi connectivity index (χ4v) is 2.35. The summed E-state index contributed by atoms with van der Waals surface area (Å²) in [5.74, 6) is -0.152. The van der Waals surface area contributed by atoms with Gasteiger partial charge in [0.1, 0.15) is 5.82 Å². The molecule has 2 aromatic carbocycles. The molecule has 0 radical (unpaired) electrons. The molecule has 0 fully saturated rings. The minimum atomic E-state index is -0.152. The Morgan fingerprint density at radius 1 is 1.05 bits per heavy atom. The first-order valence-electron chi connectivity index (χ1n) is 6.39. The Hall–Kier alpha value is -1.19. The van der Waals surface area contributed by atoms with E-state index in [0.29, 0.717) is 6.54 Å². The van der Waals surface area contributed by atoms with E-state index < -0.39 is 0 Å². The Morgan fingerprint density at radius 2 is 1.79 bits per heavy atom. The summed E-state index contributed by atoms with van der Waals surface area (Å²) in [6.07, 6.45) is 0. The van der Waals surface area contributed by atoms with E-state index in [-0.39, 0.29) is 5.82 Å². The van der Waals surface area contributed by atoms with Gasteiger partial charge in [0, 0.05) is 23.1 Å². The molecule has 2 aromatic rings. The van der Waals surface area contributed by atoms with Crippen molar-refractivity contribution in [1.82, 2.24) is 4.90 Å². The molecule has 0 aliphatic carbocycles. The lowest BCUT2D eigenvalue weighted by Crippen LogP contribution is -2.22.